The molecule has 1 fully saturated rings. The summed E-state index contributed by atoms with van der Waals surface area (Å²) in [4.78, 5) is 65.1. The number of primary amides is 1. The van der Waals surface area contributed by atoms with E-state index in [9.17, 15) is 24.0 Å². The molecular formula is C28H42N4O7. The van der Waals surface area contributed by atoms with Gasteiger partial charge in [0.15, 0.2) is 0 Å². The molecule has 0 heterocycles. The number of carbonyl (C=O) groups is 5. The topological polar surface area (TPSA) is 157 Å². The first kappa shape index (κ1) is 31.6. The van der Waals surface area contributed by atoms with E-state index in [0.717, 1.165) is 11.1 Å². The average molecular weight is 547 g/mol. The predicted octanol–water partition coefficient (Wildman–Crippen LogP) is 2.56. The van der Waals surface area contributed by atoms with Gasteiger partial charge >= 0.3 is 12.1 Å². The molecule has 0 spiro atoms. The van der Waals surface area contributed by atoms with Crippen LogP contribution in [0.4, 0.5) is 4.79 Å². The summed E-state index contributed by atoms with van der Waals surface area (Å²) in [5, 5.41) is 5.35. The van der Waals surface area contributed by atoms with E-state index in [-0.39, 0.29) is 38.5 Å². The fourth-order valence-corrected chi connectivity index (χ4v) is 4.27. The van der Waals surface area contributed by atoms with Crippen LogP contribution in [0.1, 0.15) is 82.5 Å². The first-order valence-corrected chi connectivity index (χ1v) is 13.3. The zero-order valence-electron chi connectivity index (χ0n) is 23.8. The first-order valence-electron chi connectivity index (χ1n) is 13.3. The smallest absolute Gasteiger partial charge is 0.408 e. The molecule has 1 aliphatic carbocycles. The predicted molar refractivity (Wildman–Crippen MR) is 144 cm³/mol. The normalized spacial score (nSPS) is 14.5. The van der Waals surface area contributed by atoms with Crippen LogP contribution in [0.5, 0.6) is 0 Å². The third-order valence-corrected chi connectivity index (χ3v) is 5.88. The molecular weight excluding hydrogens is 504 g/mol. The van der Waals surface area contributed by atoms with E-state index in [1.54, 1.807) is 27.7 Å². The molecule has 0 saturated heterocycles. The summed E-state index contributed by atoms with van der Waals surface area (Å²) < 4.78 is 10.3. The number of hydrogen-bond donors (Lipinski definition) is 3. The second-order valence-corrected chi connectivity index (χ2v) is 10.9. The van der Waals surface area contributed by atoms with Crippen molar-refractivity contribution in [3.63, 3.8) is 0 Å². The van der Waals surface area contributed by atoms with Crippen LogP contribution in [-0.2, 0) is 28.7 Å². The van der Waals surface area contributed by atoms with Gasteiger partial charge in [0.2, 0.25) is 17.7 Å². The van der Waals surface area contributed by atoms with Gasteiger partial charge in [0, 0.05) is 19.0 Å². The number of alkyl carbamates (subject to hydrolysis) is 1. The minimum absolute atomic E-state index is 0.0159. The zero-order valence-corrected chi connectivity index (χ0v) is 23.8. The highest BCUT2D eigenvalue weighted by molar-refractivity contribution is 5.93. The zero-order chi connectivity index (χ0) is 29.3. The first-order chi connectivity index (χ1) is 18.2. The molecule has 39 heavy (non-hydrogen) atoms. The van der Waals surface area contributed by atoms with Crippen LogP contribution >= 0.6 is 0 Å². The highest BCUT2D eigenvalue weighted by Crippen LogP contribution is 2.36. The maximum atomic E-state index is 14.0. The quantitative estimate of drug-likeness (QED) is 0.321. The monoisotopic (exact) mass is 546 g/mol. The molecule has 11 nitrogen and oxygen atoms in total. The standard InChI is InChI=1S/C28H42N4O7/c1-7-38-23(34)12-13-30-25(35)24(19-15-17(2)14-18(3)16-19)32(20-8-9-20)26(36)21(10-11-22(29)33)31-27(37)39-28(4,5)6/h14-16,20-21,24H,7-13H2,1-6H3,(H2,29,33)(H,30,35)(H,31,37). The summed E-state index contributed by atoms with van der Waals surface area (Å²) in [5.41, 5.74) is 6.97. The summed E-state index contributed by atoms with van der Waals surface area (Å²) in [7, 11) is 0. The van der Waals surface area contributed by atoms with Crippen molar-refractivity contribution in [1.82, 2.24) is 15.5 Å². The number of amides is 4. The van der Waals surface area contributed by atoms with Gasteiger partial charge in [-0.3, -0.25) is 19.2 Å². The Kier molecular flexibility index (Phi) is 11.3. The van der Waals surface area contributed by atoms with Gasteiger partial charge in [-0.05, 0) is 66.4 Å². The molecule has 0 bridgehead atoms. The fraction of sp³-hybridized carbons (Fsp3) is 0.607. The Morgan fingerprint density at radius 3 is 2.18 bits per heavy atom. The Morgan fingerprint density at radius 2 is 1.67 bits per heavy atom. The molecule has 4 amide bonds. The second-order valence-electron chi connectivity index (χ2n) is 10.9. The molecule has 2 unspecified atom stereocenters. The molecule has 216 valence electrons. The number of nitrogens with two attached hydrogens (primary N) is 1. The van der Waals surface area contributed by atoms with Crippen molar-refractivity contribution in [3.8, 4) is 0 Å². The second kappa shape index (κ2) is 14.0. The lowest BCUT2D eigenvalue weighted by molar-refractivity contribution is -0.145. The molecule has 11 heteroatoms. The Hall–Kier alpha value is -3.63. The van der Waals surface area contributed by atoms with Gasteiger partial charge in [0.1, 0.15) is 17.7 Å². The van der Waals surface area contributed by atoms with E-state index in [4.69, 9.17) is 15.2 Å². The van der Waals surface area contributed by atoms with E-state index in [1.165, 1.54) is 4.90 Å². The number of carbonyl (C=O) groups excluding carboxylic acids is 5. The van der Waals surface area contributed by atoms with Gasteiger partial charge in [-0.15, -0.1) is 0 Å². The molecule has 2 rings (SSSR count). The van der Waals surface area contributed by atoms with Gasteiger partial charge in [-0.25, -0.2) is 4.79 Å². The van der Waals surface area contributed by atoms with Gasteiger partial charge in [-0.2, -0.15) is 0 Å². The van der Waals surface area contributed by atoms with Crippen molar-refractivity contribution in [3.05, 3.63) is 34.9 Å². The van der Waals surface area contributed by atoms with E-state index >= 15 is 0 Å². The Balaban J connectivity index is 2.43. The molecule has 0 aromatic heterocycles. The number of rotatable bonds is 13. The Bertz CT molecular complexity index is 1040. The maximum absolute atomic E-state index is 14.0. The van der Waals surface area contributed by atoms with E-state index < -0.39 is 47.5 Å². The maximum Gasteiger partial charge on any atom is 0.408 e. The minimum atomic E-state index is -1.14. The van der Waals surface area contributed by atoms with Crippen LogP contribution in [0.15, 0.2) is 18.2 Å². The van der Waals surface area contributed by atoms with E-state index in [2.05, 4.69) is 10.6 Å². The van der Waals surface area contributed by atoms with Crippen LogP contribution in [0.25, 0.3) is 0 Å². The molecule has 1 aromatic carbocycles. The van der Waals surface area contributed by atoms with E-state index in [1.807, 2.05) is 32.0 Å². The van der Waals surface area contributed by atoms with Crippen molar-refractivity contribution >= 4 is 29.8 Å². The largest absolute Gasteiger partial charge is 0.466 e. The van der Waals surface area contributed by atoms with Gasteiger partial charge in [0.25, 0.3) is 0 Å². The molecule has 1 aliphatic rings. The van der Waals surface area contributed by atoms with Crippen molar-refractivity contribution in [1.29, 1.82) is 0 Å². The molecule has 1 saturated carbocycles. The number of ether oxygens (including phenoxy) is 2. The third-order valence-electron chi connectivity index (χ3n) is 5.88. The number of hydrogen-bond acceptors (Lipinski definition) is 7. The van der Waals surface area contributed by atoms with Gasteiger partial charge < -0.3 is 30.7 Å². The summed E-state index contributed by atoms with van der Waals surface area (Å²) in [6.07, 6.45) is 0.322. The fourth-order valence-electron chi connectivity index (χ4n) is 4.27. The van der Waals surface area contributed by atoms with Crippen molar-refractivity contribution in [2.45, 2.75) is 97.4 Å². The number of aryl methyl sites for hydroxylation is 2. The Labute approximate surface area is 230 Å². The van der Waals surface area contributed by atoms with Crippen LogP contribution in [0.2, 0.25) is 0 Å². The summed E-state index contributed by atoms with van der Waals surface area (Å²) >= 11 is 0. The van der Waals surface area contributed by atoms with E-state index in [0.29, 0.717) is 18.4 Å². The van der Waals surface area contributed by atoms with Crippen molar-refractivity contribution in [2.24, 2.45) is 5.73 Å². The van der Waals surface area contributed by atoms with Crippen molar-refractivity contribution in [2.75, 3.05) is 13.2 Å². The molecule has 0 radical (unpaired) electrons. The minimum Gasteiger partial charge on any atom is -0.466 e. The lowest BCUT2D eigenvalue weighted by Crippen LogP contribution is -2.54. The van der Waals surface area contributed by atoms with Crippen LogP contribution in [0.3, 0.4) is 0 Å². The third kappa shape index (κ3) is 10.6. The SMILES string of the molecule is CCOC(=O)CCNC(=O)C(c1cc(C)cc(C)c1)N(C(=O)C(CCC(N)=O)NC(=O)OC(C)(C)C)C1CC1. The number of esters is 1. The highest BCUT2D eigenvalue weighted by atomic mass is 16.6. The highest BCUT2D eigenvalue weighted by Gasteiger charge is 2.44. The molecule has 4 N–H and O–H groups in total. The lowest BCUT2D eigenvalue weighted by atomic mass is 9.97. The molecule has 1 aromatic rings. The summed E-state index contributed by atoms with van der Waals surface area (Å²) in [6, 6.07) is 3.23. The van der Waals surface area contributed by atoms with Gasteiger partial charge in [0.05, 0.1) is 13.0 Å². The average Bonchev–Trinajstić information content (AvgIpc) is 3.62. The number of nitrogens with one attached hydrogen (secondary N) is 2. The van der Waals surface area contributed by atoms with Crippen LogP contribution < -0.4 is 16.4 Å². The summed E-state index contributed by atoms with van der Waals surface area (Å²) in [6.45, 7) is 10.8. The van der Waals surface area contributed by atoms with Gasteiger partial charge in [-0.1, -0.05) is 29.3 Å². The molecule has 0 aliphatic heterocycles. The van der Waals surface area contributed by atoms with Crippen LogP contribution in [-0.4, -0.2) is 65.5 Å². The summed E-state index contributed by atoms with van der Waals surface area (Å²) in [5.74, 6) is -2.05. The lowest BCUT2D eigenvalue weighted by Gasteiger charge is -2.35. The number of nitrogens with zero attached hydrogens (tertiary/aromatic N) is 1. The van der Waals surface area contributed by atoms with Crippen LogP contribution in [0, 0.1) is 13.8 Å². The van der Waals surface area contributed by atoms with Crippen molar-refractivity contribution < 1.29 is 33.4 Å². The molecule has 2 atom stereocenters. The Morgan fingerprint density at radius 1 is 1.05 bits per heavy atom. The number of benzene rings is 1.